The van der Waals surface area contributed by atoms with Gasteiger partial charge in [0.2, 0.25) is 0 Å². The summed E-state index contributed by atoms with van der Waals surface area (Å²) in [4.78, 5) is 11.2. The average Bonchev–Trinajstić information content (AvgIpc) is 2.55. The van der Waals surface area contributed by atoms with E-state index in [4.69, 9.17) is 20.3 Å². The van der Waals surface area contributed by atoms with Gasteiger partial charge in [0.1, 0.15) is 12.1 Å². The van der Waals surface area contributed by atoms with Crippen LogP contribution in [0.4, 0.5) is 0 Å². The van der Waals surface area contributed by atoms with Gasteiger partial charge in [0.25, 0.3) is 0 Å². The van der Waals surface area contributed by atoms with Crippen LogP contribution in [-0.2, 0) is 14.3 Å². The first kappa shape index (κ1) is 10.4. The molecule has 5 nitrogen and oxygen atoms in total. The minimum absolute atomic E-state index is 0.197. The van der Waals surface area contributed by atoms with Crippen molar-refractivity contribution in [2.75, 3.05) is 13.2 Å². The maximum atomic E-state index is 11.2. The van der Waals surface area contributed by atoms with Crippen LogP contribution in [0.1, 0.15) is 13.3 Å². The smallest absolute Gasteiger partial charge is 0.325 e. The number of rotatable bonds is 3. The molecular formula is C8H15NO4. The van der Waals surface area contributed by atoms with Crippen LogP contribution in [0.3, 0.4) is 0 Å². The van der Waals surface area contributed by atoms with Crippen LogP contribution in [-0.4, -0.2) is 42.5 Å². The molecule has 0 radical (unpaired) electrons. The quantitative estimate of drug-likeness (QED) is 0.558. The summed E-state index contributed by atoms with van der Waals surface area (Å²) in [7, 11) is 0. The average molecular weight is 189 g/mol. The van der Waals surface area contributed by atoms with Gasteiger partial charge in [0, 0.05) is 6.42 Å². The summed E-state index contributed by atoms with van der Waals surface area (Å²) >= 11 is 0. The lowest BCUT2D eigenvalue weighted by atomic mass is 10.2. The first-order valence-corrected chi connectivity index (χ1v) is 4.33. The van der Waals surface area contributed by atoms with Gasteiger partial charge in [0.15, 0.2) is 0 Å². The lowest BCUT2D eigenvalue weighted by Gasteiger charge is -2.16. The molecule has 1 aliphatic heterocycles. The van der Waals surface area contributed by atoms with E-state index in [1.807, 2.05) is 0 Å². The summed E-state index contributed by atoms with van der Waals surface area (Å²) in [5, 5.41) is 9.01. The Morgan fingerprint density at radius 1 is 1.77 bits per heavy atom. The van der Waals surface area contributed by atoms with Crippen molar-refractivity contribution in [3.63, 3.8) is 0 Å². The van der Waals surface area contributed by atoms with E-state index in [2.05, 4.69) is 0 Å². The van der Waals surface area contributed by atoms with Crippen LogP contribution >= 0.6 is 0 Å². The van der Waals surface area contributed by atoms with Gasteiger partial charge in [-0.15, -0.1) is 0 Å². The first-order valence-electron chi connectivity index (χ1n) is 4.33. The highest BCUT2D eigenvalue weighted by molar-refractivity contribution is 5.76. The zero-order valence-corrected chi connectivity index (χ0v) is 7.60. The van der Waals surface area contributed by atoms with E-state index in [0.717, 1.165) is 0 Å². The van der Waals surface area contributed by atoms with Gasteiger partial charge >= 0.3 is 5.97 Å². The zero-order chi connectivity index (χ0) is 9.84. The summed E-state index contributed by atoms with van der Waals surface area (Å²) in [5.41, 5.74) is 5.37. The van der Waals surface area contributed by atoms with Gasteiger partial charge in [-0.25, -0.2) is 0 Å². The van der Waals surface area contributed by atoms with Gasteiger partial charge in [-0.1, -0.05) is 0 Å². The molecule has 0 amide bonds. The largest absolute Gasteiger partial charge is 0.459 e. The third kappa shape index (κ3) is 2.95. The Balaban J connectivity index is 2.31. The molecule has 1 fully saturated rings. The standard InChI is InChI=1S/C8H15NO4/c1-5(10)7(9)8(11)13-6-2-3-12-4-6/h5-7,10H,2-4,9H2,1H3/t5-,6?,7+/m1/s1. The molecule has 0 spiro atoms. The molecule has 0 aromatic carbocycles. The number of carbonyl (C=O) groups is 1. The number of nitrogens with two attached hydrogens (primary N) is 1. The predicted octanol–water partition coefficient (Wildman–Crippen LogP) is -0.973. The lowest BCUT2D eigenvalue weighted by Crippen LogP contribution is -2.42. The molecule has 1 aliphatic rings. The molecule has 0 aromatic heterocycles. The molecule has 0 bridgehead atoms. The fourth-order valence-electron chi connectivity index (χ4n) is 1.05. The molecule has 3 N–H and O–H groups in total. The van der Waals surface area contributed by atoms with Crippen LogP contribution in [0.2, 0.25) is 0 Å². The van der Waals surface area contributed by atoms with Crippen molar-refractivity contribution >= 4 is 5.97 Å². The van der Waals surface area contributed by atoms with Crippen LogP contribution in [0.25, 0.3) is 0 Å². The maximum absolute atomic E-state index is 11.2. The maximum Gasteiger partial charge on any atom is 0.325 e. The SMILES string of the molecule is C[C@@H](O)[C@H](N)C(=O)OC1CCOC1. The summed E-state index contributed by atoms with van der Waals surface area (Å²) in [5.74, 6) is -0.564. The Bertz CT molecular complexity index is 177. The Morgan fingerprint density at radius 2 is 2.46 bits per heavy atom. The van der Waals surface area contributed by atoms with Crippen molar-refractivity contribution in [2.45, 2.75) is 31.6 Å². The van der Waals surface area contributed by atoms with E-state index in [9.17, 15) is 4.79 Å². The highest BCUT2D eigenvalue weighted by Gasteiger charge is 2.25. The third-order valence-corrected chi connectivity index (χ3v) is 1.96. The molecule has 76 valence electrons. The van der Waals surface area contributed by atoms with E-state index >= 15 is 0 Å². The number of carbonyl (C=O) groups excluding carboxylic acids is 1. The molecular weight excluding hydrogens is 174 g/mol. The minimum Gasteiger partial charge on any atom is -0.459 e. The van der Waals surface area contributed by atoms with Crippen molar-refractivity contribution in [3.8, 4) is 0 Å². The lowest BCUT2D eigenvalue weighted by molar-refractivity contribution is -0.153. The second-order valence-corrected chi connectivity index (χ2v) is 3.19. The fraction of sp³-hybridized carbons (Fsp3) is 0.875. The molecule has 0 aliphatic carbocycles. The minimum atomic E-state index is -0.958. The number of ether oxygens (including phenoxy) is 2. The first-order chi connectivity index (χ1) is 6.11. The van der Waals surface area contributed by atoms with E-state index in [1.54, 1.807) is 0 Å². The number of hydrogen-bond donors (Lipinski definition) is 2. The molecule has 13 heavy (non-hydrogen) atoms. The number of esters is 1. The number of aliphatic hydroxyl groups excluding tert-OH is 1. The van der Waals surface area contributed by atoms with Crippen molar-refractivity contribution in [2.24, 2.45) is 5.73 Å². The monoisotopic (exact) mass is 189 g/mol. The molecule has 0 aromatic rings. The zero-order valence-electron chi connectivity index (χ0n) is 7.60. The summed E-state index contributed by atoms with van der Waals surface area (Å²) in [6.45, 7) is 2.50. The Labute approximate surface area is 76.8 Å². The number of hydrogen-bond acceptors (Lipinski definition) is 5. The predicted molar refractivity (Wildman–Crippen MR) is 45.0 cm³/mol. The molecule has 0 saturated carbocycles. The molecule has 5 heteroatoms. The fourth-order valence-corrected chi connectivity index (χ4v) is 1.05. The second-order valence-electron chi connectivity index (χ2n) is 3.19. The Kier molecular flexibility index (Phi) is 3.65. The summed E-state index contributed by atoms with van der Waals surface area (Å²) in [6.07, 6.45) is -0.370. The van der Waals surface area contributed by atoms with E-state index < -0.39 is 18.1 Å². The van der Waals surface area contributed by atoms with Gasteiger partial charge in [0.05, 0.1) is 19.3 Å². The van der Waals surface area contributed by atoms with Crippen LogP contribution < -0.4 is 5.73 Å². The van der Waals surface area contributed by atoms with Gasteiger partial charge in [-0.3, -0.25) is 4.79 Å². The van der Waals surface area contributed by atoms with Crippen molar-refractivity contribution in [3.05, 3.63) is 0 Å². The highest BCUT2D eigenvalue weighted by atomic mass is 16.6. The van der Waals surface area contributed by atoms with Crippen molar-refractivity contribution in [1.29, 1.82) is 0 Å². The molecule has 3 atom stereocenters. The molecule has 1 saturated heterocycles. The normalized spacial score (nSPS) is 26.8. The topological polar surface area (TPSA) is 81.8 Å². The Morgan fingerprint density at radius 3 is 2.92 bits per heavy atom. The van der Waals surface area contributed by atoms with E-state index in [-0.39, 0.29) is 6.10 Å². The molecule has 1 heterocycles. The second kappa shape index (κ2) is 4.55. The van der Waals surface area contributed by atoms with Gasteiger partial charge < -0.3 is 20.3 Å². The van der Waals surface area contributed by atoms with Crippen LogP contribution in [0, 0.1) is 0 Å². The van der Waals surface area contributed by atoms with Crippen LogP contribution in [0.5, 0.6) is 0 Å². The highest BCUT2D eigenvalue weighted by Crippen LogP contribution is 2.09. The van der Waals surface area contributed by atoms with E-state index in [0.29, 0.717) is 19.6 Å². The van der Waals surface area contributed by atoms with Gasteiger partial charge in [-0.2, -0.15) is 0 Å². The third-order valence-electron chi connectivity index (χ3n) is 1.96. The van der Waals surface area contributed by atoms with Crippen molar-refractivity contribution < 1.29 is 19.4 Å². The van der Waals surface area contributed by atoms with Crippen LogP contribution in [0.15, 0.2) is 0 Å². The molecule has 1 rings (SSSR count). The van der Waals surface area contributed by atoms with Crippen molar-refractivity contribution in [1.82, 2.24) is 0 Å². The molecule has 1 unspecified atom stereocenters. The van der Waals surface area contributed by atoms with Gasteiger partial charge in [-0.05, 0) is 6.92 Å². The summed E-state index contributed by atoms with van der Waals surface area (Å²) < 4.78 is 10.0. The number of aliphatic hydroxyl groups is 1. The summed E-state index contributed by atoms with van der Waals surface area (Å²) in [6, 6.07) is -0.958. The Hall–Kier alpha value is -0.650. The van der Waals surface area contributed by atoms with E-state index in [1.165, 1.54) is 6.92 Å².